The lowest BCUT2D eigenvalue weighted by atomic mass is 9.33. The van der Waals surface area contributed by atoms with Crippen molar-refractivity contribution in [2.75, 3.05) is 13.2 Å². The number of allylic oxidation sites excluding steroid dienone is 3. The van der Waals surface area contributed by atoms with E-state index in [0.717, 1.165) is 49.7 Å². The van der Waals surface area contributed by atoms with Crippen molar-refractivity contribution < 1.29 is 24.2 Å². The highest BCUT2D eigenvalue weighted by atomic mass is 16.6. The molecule has 5 aliphatic carbocycles. The van der Waals surface area contributed by atoms with Gasteiger partial charge in [0, 0.05) is 5.54 Å². The fourth-order valence-corrected chi connectivity index (χ4v) is 14.3. The molecule has 5 fully saturated rings. The Bertz CT molecular complexity index is 1880. The molecule has 288 valence electrons. The number of cyclic esters (lactones) is 1. The molecule has 0 bridgehead atoms. The number of carbonyl (C=O) groups is 3. The van der Waals surface area contributed by atoms with E-state index in [2.05, 4.69) is 59.5 Å². The summed E-state index contributed by atoms with van der Waals surface area (Å²) in [6.45, 7) is 19.7. The molecule has 1 heterocycles. The van der Waals surface area contributed by atoms with E-state index in [1.807, 2.05) is 42.5 Å². The van der Waals surface area contributed by atoms with Crippen LogP contribution in [-0.4, -0.2) is 46.7 Å². The SMILES string of the molecule is C=C(C)[C@@H]1CC[C@]2(NC(=O)CN3C(=O)OC[C@@H]3c3ccccc3)CC[C@]3(C)[C@H](CC[C@@H]4[C@@]5(C)CC=C(c6ccc(C(=O)O)cc6)C(C)(C)[C@@H]5CC[C@]43C)[C@@H]12. The molecule has 8 rings (SSSR count). The summed E-state index contributed by atoms with van der Waals surface area (Å²) in [5.74, 6) is 1.30. The zero-order chi connectivity index (χ0) is 38.4. The normalized spacial score (nSPS) is 39.3. The largest absolute Gasteiger partial charge is 0.478 e. The number of aromatic carboxylic acids is 1. The van der Waals surface area contributed by atoms with Crippen molar-refractivity contribution >= 4 is 23.5 Å². The Hall–Kier alpha value is -3.87. The van der Waals surface area contributed by atoms with Crippen molar-refractivity contribution in [2.24, 2.45) is 51.2 Å². The Kier molecular flexibility index (Phi) is 8.82. The molecule has 7 nitrogen and oxygen atoms in total. The molecule has 6 aliphatic rings. The first kappa shape index (κ1) is 37.1. The van der Waals surface area contributed by atoms with Gasteiger partial charge >= 0.3 is 12.1 Å². The van der Waals surface area contributed by atoms with E-state index in [1.165, 1.54) is 30.4 Å². The monoisotopic (exact) mass is 732 g/mol. The fraction of sp³-hybridized carbons (Fsp3) is 0.596. The zero-order valence-corrected chi connectivity index (χ0v) is 33.3. The lowest BCUT2D eigenvalue weighted by Gasteiger charge is -2.72. The molecule has 0 aromatic heterocycles. The third-order valence-corrected chi connectivity index (χ3v) is 16.9. The van der Waals surface area contributed by atoms with Gasteiger partial charge in [-0.3, -0.25) is 9.69 Å². The minimum absolute atomic E-state index is 0.00106. The predicted octanol–water partition coefficient (Wildman–Crippen LogP) is 10.1. The van der Waals surface area contributed by atoms with Gasteiger partial charge in [0.15, 0.2) is 0 Å². The number of benzene rings is 2. The number of rotatable bonds is 7. The smallest absolute Gasteiger partial charge is 0.410 e. The molecule has 2 N–H and O–H groups in total. The fourth-order valence-electron chi connectivity index (χ4n) is 14.3. The van der Waals surface area contributed by atoms with E-state index >= 15 is 0 Å². The van der Waals surface area contributed by atoms with E-state index in [1.54, 1.807) is 17.0 Å². The molecule has 1 saturated heterocycles. The van der Waals surface area contributed by atoms with Gasteiger partial charge in [0.1, 0.15) is 13.2 Å². The molecule has 2 aromatic rings. The minimum Gasteiger partial charge on any atom is -0.478 e. The van der Waals surface area contributed by atoms with Crippen LogP contribution in [0.5, 0.6) is 0 Å². The summed E-state index contributed by atoms with van der Waals surface area (Å²) in [7, 11) is 0. The number of ether oxygens (including phenoxy) is 1. The molecule has 0 radical (unpaired) electrons. The quantitative estimate of drug-likeness (QED) is 0.276. The number of hydrogen-bond acceptors (Lipinski definition) is 4. The Morgan fingerprint density at radius 2 is 1.61 bits per heavy atom. The molecule has 1 aliphatic heterocycles. The molecule has 54 heavy (non-hydrogen) atoms. The predicted molar refractivity (Wildman–Crippen MR) is 211 cm³/mol. The zero-order valence-electron chi connectivity index (χ0n) is 33.3. The summed E-state index contributed by atoms with van der Waals surface area (Å²) in [6, 6.07) is 17.1. The standard InChI is InChI=1S/C47H60N2O5/c1-29(2)33-19-24-47(48-39(50)27-49-36(28-54-42(49)53)31-11-9-8-10-12-31)26-25-45(6)35(40(33)47)17-18-38-44(5)22-20-34(30-13-15-32(16-14-30)41(51)52)43(3,4)37(44)21-23-46(38,45)7/h8-16,20,33,35-38,40H,1,17-19,21-28H2,2-7H3,(H,48,50)(H,51,52)/t33-,35+,36+,37-,38+,40+,44-,45+,46+,47-/m0/s1. The summed E-state index contributed by atoms with van der Waals surface area (Å²) in [5, 5.41) is 13.2. The third kappa shape index (κ3) is 5.37. The molecule has 4 saturated carbocycles. The van der Waals surface area contributed by atoms with Crippen LogP contribution >= 0.6 is 0 Å². The Morgan fingerprint density at radius 3 is 2.30 bits per heavy atom. The summed E-state index contributed by atoms with van der Waals surface area (Å²) in [4.78, 5) is 40.3. The van der Waals surface area contributed by atoms with Crippen LogP contribution in [0.4, 0.5) is 4.79 Å². The van der Waals surface area contributed by atoms with Crippen LogP contribution in [0.1, 0.15) is 127 Å². The van der Waals surface area contributed by atoms with Crippen molar-refractivity contribution in [1.29, 1.82) is 0 Å². The average Bonchev–Trinajstić information content (AvgIpc) is 3.69. The van der Waals surface area contributed by atoms with Crippen LogP contribution < -0.4 is 5.32 Å². The van der Waals surface area contributed by atoms with Crippen LogP contribution in [0.25, 0.3) is 5.57 Å². The third-order valence-electron chi connectivity index (χ3n) is 16.9. The van der Waals surface area contributed by atoms with E-state index in [4.69, 9.17) is 4.74 Å². The molecule has 2 aromatic carbocycles. The minimum atomic E-state index is -0.887. The molecule has 7 heteroatoms. The molecule has 0 spiro atoms. The Morgan fingerprint density at radius 1 is 0.889 bits per heavy atom. The number of carboxylic acid groups (broad SMARTS) is 1. The van der Waals surface area contributed by atoms with Gasteiger partial charge < -0.3 is 15.2 Å². The van der Waals surface area contributed by atoms with Crippen LogP contribution in [0, 0.1) is 51.2 Å². The molecule has 2 amide bonds. The first-order valence-electron chi connectivity index (χ1n) is 20.5. The topological polar surface area (TPSA) is 95.9 Å². The summed E-state index contributed by atoms with van der Waals surface area (Å²) < 4.78 is 5.47. The molecular weight excluding hydrogens is 673 g/mol. The van der Waals surface area contributed by atoms with Gasteiger partial charge in [0.25, 0.3) is 0 Å². The Labute approximate surface area is 322 Å². The number of nitrogens with zero attached hydrogens (tertiary/aromatic N) is 1. The van der Waals surface area contributed by atoms with Crippen LogP contribution in [-0.2, 0) is 9.53 Å². The van der Waals surface area contributed by atoms with Crippen molar-refractivity contribution in [2.45, 2.75) is 111 Å². The molecular formula is C47H60N2O5. The Balaban J connectivity index is 1.07. The first-order valence-corrected chi connectivity index (χ1v) is 20.5. The number of fused-ring (bicyclic) bond motifs is 7. The number of carbonyl (C=O) groups excluding carboxylic acids is 2. The maximum Gasteiger partial charge on any atom is 0.410 e. The van der Waals surface area contributed by atoms with Crippen molar-refractivity contribution in [3.63, 3.8) is 0 Å². The number of hydrogen-bond donors (Lipinski definition) is 2. The van der Waals surface area contributed by atoms with E-state index in [9.17, 15) is 19.5 Å². The van der Waals surface area contributed by atoms with Gasteiger partial charge in [0.2, 0.25) is 5.91 Å². The highest BCUT2D eigenvalue weighted by molar-refractivity contribution is 5.88. The second-order valence-corrected chi connectivity index (χ2v) is 19.4. The van der Waals surface area contributed by atoms with E-state index < -0.39 is 12.1 Å². The lowest BCUT2D eigenvalue weighted by Crippen LogP contribution is -2.68. The van der Waals surface area contributed by atoms with Gasteiger partial charge in [-0.2, -0.15) is 0 Å². The van der Waals surface area contributed by atoms with Crippen molar-refractivity contribution in [1.82, 2.24) is 10.2 Å². The lowest BCUT2D eigenvalue weighted by molar-refractivity contribution is -0.219. The number of nitrogens with one attached hydrogen (secondary N) is 1. The van der Waals surface area contributed by atoms with Crippen molar-refractivity contribution in [3.05, 3.63) is 89.5 Å². The second-order valence-electron chi connectivity index (χ2n) is 19.4. The van der Waals surface area contributed by atoms with E-state index in [-0.39, 0.29) is 52.3 Å². The average molecular weight is 733 g/mol. The second kappa shape index (κ2) is 12.8. The van der Waals surface area contributed by atoms with Gasteiger partial charge in [-0.15, -0.1) is 0 Å². The summed E-state index contributed by atoms with van der Waals surface area (Å²) in [6.07, 6.45) is 11.9. The van der Waals surface area contributed by atoms with Gasteiger partial charge in [-0.1, -0.05) is 95.3 Å². The van der Waals surface area contributed by atoms with E-state index in [0.29, 0.717) is 35.2 Å². The highest BCUT2D eigenvalue weighted by Gasteiger charge is 2.70. The summed E-state index contributed by atoms with van der Waals surface area (Å²) >= 11 is 0. The highest BCUT2D eigenvalue weighted by Crippen LogP contribution is 2.76. The number of carboxylic acids is 1. The van der Waals surface area contributed by atoms with Crippen LogP contribution in [0.15, 0.2) is 72.8 Å². The maximum atomic E-state index is 14.2. The molecule has 10 atom stereocenters. The number of amides is 2. The van der Waals surface area contributed by atoms with Crippen molar-refractivity contribution in [3.8, 4) is 0 Å². The maximum absolute atomic E-state index is 14.2. The van der Waals surface area contributed by atoms with Gasteiger partial charge in [0.05, 0.1) is 11.6 Å². The van der Waals surface area contributed by atoms with Gasteiger partial charge in [-0.05, 0) is 145 Å². The van der Waals surface area contributed by atoms with Crippen LogP contribution in [0.2, 0.25) is 0 Å². The van der Waals surface area contributed by atoms with Crippen LogP contribution in [0.3, 0.4) is 0 Å². The molecule has 0 unspecified atom stereocenters. The van der Waals surface area contributed by atoms with Gasteiger partial charge in [-0.25, -0.2) is 9.59 Å². The summed E-state index contributed by atoms with van der Waals surface area (Å²) in [5.41, 5.74) is 5.14. The first-order chi connectivity index (χ1) is 25.6.